The molecule has 1 amide bonds. The van der Waals surface area contributed by atoms with Gasteiger partial charge >= 0.3 is 0 Å². The van der Waals surface area contributed by atoms with Crippen LogP contribution in [0.2, 0.25) is 5.02 Å². The Balaban J connectivity index is 2.00. The van der Waals surface area contributed by atoms with E-state index in [-0.39, 0.29) is 11.7 Å². The van der Waals surface area contributed by atoms with Crippen LogP contribution in [0.4, 0.5) is 4.39 Å². The molecule has 0 aromatic heterocycles. The van der Waals surface area contributed by atoms with Crippen molar-refractivity contribution in [2.75, 3.05) is 26.2 Å². The van der Waals surface area contributed by atoms with E-state index >= 15 is 0 Å². The minimum atomic E-state index is -0.303. The summed E-state index contributed by atoms with van der Waals surface area (Å²) in [6, 6.07) is 4.65. The van der Waals surface area contributed by atoms with Crippen molar-refractivity contribution in [3.63, 3.8) is 0 Å². The highest BCUT2D eigenvalue weighted by Gasteiger charge is 2.17. The molecule has 0 unspecified atom stereocenters. The molecule has 1 aromatic rings. The van der Waals surface area contributed by atoms with Crippen molar-refractivity contribution in [2.45, 2.75) is 12.8 Å². The standard InChI is InChI=1S/C13H16ClFN2O/c14-11-2-1-3-12(15)10(11)5-8-17-9-7-16-6-4-13(17)18/h1-3,16H,4-9H2. The molecule has 3 nitrogen and oxygen atoms in total. The highest BCUT2D eigenvalue weighted by atomic mass is 35.5. The smallest absolute Gasteiger partial charge is 0.223 e. The third-order valence-corrected chi connectivity index (χ3v) is 3.47. The molecule has 98 valence electrons. The number of carbonyl (C=O) groups is 1. The van der Waals surface area contributed by atoms with Gasteiger partial charge in [0.05, 0.1) is 0 Å². The molecule has 1 aliphatic heterocycles. The quantitative estimate of drug-likeness (QED) is 0.909. The summed E-state index contributed by atoms with van der Waals surface area (Å²) in [5.41, 5.74) is 0.490. The maximum Gasteiger partial charge on any atom is 0.223 e. The van der Waals surface area contributed by atoms with E-state index < -0.39 is 0 Å². The lowest BCUT2D eigenvalue weighted by Crippen LogP contribution is -2.34. The molecule has 1 aromatic carbocycles. The second kappa shape index (κ2) is 6.16. The molecule has 0 saturated carbocycles. The molecular formula is C13H16ClFN2O. The van der Waals surface area contributed by atoms with E-state index in [2.05, 4.69) is 5.32 Å². The first kappa shape index (κ1) is 13.3. The summed E-state index contributed by atoms with van der Waals surface area (Å²) in [5.74, 6) is -0.185. The summed E-state index contributed by atoms with van der Waals surface area (Å²) in [5, 5.41) is 3.59. The number of benzene rings is 1. The monoisotopic (exact) mass is 270 g/mol. The van der Waals surface area contributed by atoms with Gasteiger partial charge < -0.3 is 10.2 Å². The van der Waals surface area contributed by atoms with E-state index in [9.17, 15) is 9.18 Å². The van der Waals surface area contributed by atoms with Crippen LogP contribution >= 0.6 is 11.6 Å². The first-order valence-electron chi connectivity index (χ1n) is 6.10. The molecule has 18 heavy (non-hydrogen) atoms. The van der Waals surface area contributed by atoms with Crippen molar-refractivity contribution in [1.82, 2.24) is 10.2 Å². The summed E-state index contributed by atoms with van der Waals surface area (Å²) in [6.07, 6.45) is 0.961. The van der Waals surface area contributed by atoms with E-state index in [1.165, 1.54) is 6.07 Å². The van der Waals surface area contributed by atoms with Gasteiger partial charge in [-0.25, -0.2) is 4.39 Å². The molecule has 0 radical (unpaired) electrons. The molecule has 0 bridgehead atoms. The van der Waals surface area contributed by atoms with Crippen molar-refractivity contribution >= 4 is 17.5 Å². The molecule has 0 atom stereocenters. The van der Waals surface area contributed by atoms with E-state index in [1.54, 1.807) is 17.0 Å². The van der Waals surface area contributed by atoms with Gasteiger partial charge in [0, 0.05) is 43.2 Å². The molecular weight excluding hydrogens is 255 g/mol. The van der Waals surface area contributed by atoms with Crippen LogP contribution in [0.15, 0.2) is 18.2 Å². The Labute approximate surface area is 111 Å². The highest BCUT2D eigenvalue weighted by molar-refractivity contribution is 6.31. The predicted octanol–water partition coefficient (Wildman–Crippen LogP) is 1.84. The highest BCUT2D eigenvalue weighted by Crippen LogP contribution is 2.19. The maximum atomic E-state index is 13.6. The van der Waals surface area contributed by atoms with E-state index in [4.69, 9.17) is 11.6 Å². The third-order valence-electron chi connectivity index (χ3n) is 3.12. The van der Waals surface area contributed by atoms with Crippen molar-refractivity contribution in [3.05, 3.63) is 34.6 Å². The zero-order valence-corrected chi connectivity index (χ0v) is 10.8. The summed E-state index contributed by atoms with van der Waals surface area (Å²) < 4.78 is 13.6. The fourth-order valence-electron chi connectivity index (χ4n) is 2.07. The maximum absolute atomic E-state index is 13.6. The van der Waals surface area contributed by atoms with Gasteiger partial charge in [0.25, 0.3) is 0 Å². The molecule has 0 aliphatic carbocycles. The molecule has 1 fully saturated rings. The Morgan fingerprint density at radius 3 is 3.00 bits per heavy atom. The number of amides is 1. The lowest BCUT2D eigenvalue weighted by molar-refractivity contribution is -0.130. The number of carbonyl (C=O) groups excluding carboxylic acids is 1. The van der Waals surface area contributed by atoms with Gasteiger partial charge in [-0.15, -0.1) is 0 Å². The molecule has 0 spiro atoms. The van der Waals surface area contributed by atoms with Gasteiger partial charge in [-0.3, -0.25) is 4.79 Å². The van der Waals surface area contributed by atoms with E-state index in [0.29, 0.717) is 36.5 Å². The van der Waals surface area contributed by atoms with E-state index in [0.717, 1.165) is 13.1 Å². The predicted molar refractivity (Wildman–Crippen MR) is 69.2 cm³/mol. The summed E-state index contributed by atoms with van der Waals surface area (Å²) in [6.45, 7) is 2.69. The first-order valence-corrected chi connectivity index (χ1v) is 6.47. The fraction of sp³-hybridized carbons (Fsp3) is 0.462. The van der Waals surface area contributed by atoms with Crippen LogP contribution in [0.25, 0.3) is 0 Å². The van der Waals surface area contributed by atoms with Crippen LogP contribution in [-0.2, 0) is 11.2 Å². The van der Waals surface area contributed by atoms with Crippen LogP contribution in [0.3, 0.4) is 0 Å². The zero-order chi connectivity index (χ0) is 13.0. The van der Waals surface area contributed by atoms with Gasteiger partial charge in [0.15, 0.2) is 0 Å². The van der Waals surface area contributed by atoms with Crippen LogP contribution in [0.1, 0.15) is 12.0 Å². The van der Waals surface area contributed by atoms with Gasteiger partial charge in [-0.2, -0.15) is 0 Å². The molecule has 1 aliphatic rings. The Hall–Kier alpha value is -1.13. The zero-order valence-electron chi connectivity index (χ0n) is 10.1. The second-order valence-electron chi connectivity index (χ2n) is 4.33. The Kier molecular flexibility index (Phi) is 4.55. The van der Waals surface area contributed by atoms with Crippen molar-refractivity contribution < 1.29 is 9.18 Å². The number of halogens is 2. The van der Waals surface area contributed by atoms with Crippen LogP contribution in [0, 0.1) is 5.82 Å². The van der Waals surface area contributed by atoms with Crippen molar-refractivity contribution in [1.29, 1.82) is 0 Å². The summed E-state index contributed by atoms with van der Waals surface area (Å²) in [4.78, 5) is 13.5. The lowest BCUT2D eigenvalue weighted by Gasteiger charge is -2.20. The number of hydrogen-bond donors (Lipinski definition) is 1. The SMILES string of the molecule is O=C1CCNCCN1CCc1c(F)cccc1Cl. The van der Waals surface area contributed by atoms with Crippen LogP contribution < -0.4 is 5.32 Å². The Morgan fingerprint density at radius 1 is 1.39 bits per heavy atom. The van der Waals surface area contributed by atoms with Crippen molar-refractivity contribution in [3.8, 4) is 0 Å². The topological polar surface area (TPSA) is 32.3 Å². The van der Waals surface area contributed by atoms with E-state index in [1.807, 2.05) is 0 Å². The minimum Gasteiger partial charge on any atom is -0.341 e. The Bertz CT molecular complexity index is 419. The lowest BCUT2D eigenvalue weighted by atomic mass is 10.1. The molecule has 1 saturated heterocycles. The average Bonchev–Trinajstić information content (AvgIpc) is 2.54. The second-order valence-corrected chi connectivity index (χ2v) is 4.74. The summed E-state index contributed by atoms with van der Waals surface area (Å²) in [7, 11) is 0. The van der Waals surface area contributed by atoms with Gasteiger partial charge in [0.1, 0.15) is 5.82 Å². The first-order chi connectivity index (χ1) is 8.68. The van der Waals surface area contributed by atoms with Gasteiger partial charge in [0.2, 0.25) is 5.91 Å². The summed E-state index contributed by atoms with van der Waals surface area (Å²) >= 11 is 5.96. The average molecular weight is 271 g/mol. The number of hydrogen-bond acceptors (Lipinski definition) is 2. The molecule has 1 heterocycles. The van der Waals surface area contributed by atoms with Gasteiger partial charge in [-0.05, 0) is 18.6 Å². The number of nitrogens with zero attached hydrogens (tertiary/aromatic N) is 1. The van der Waals surface area contributed by atoms with Crippen molar-refractivity contribution in [2.24, 2.45) is 0 Å². The largest absolute Gasteiger partial charge is 0.341 e. The number of nitrogens with one attached hydrogen (secondary N) is 1. The van der Waals surface area contributed by atoms with Crippen LogP contribution in [0.5, 0.6) is 0 Å². The third kappa shape index (κ3) is 3.21. The Morgan fingerprint density at radius 2 is 2.22 bits per heavy atom. The molecule has 5 heteroatoms. The van der Waals surface area contributed by atoms with Crippen LogP contribution in [-0.4, -0.2) is 37.0 Å². The minimum absolute atomic E-state index is 0.118. The molecule has 1 N–H and O–H groups in total. The van der Waals surface area contributed by atoms with Gasteiger partial charge in [-0.1, -0.05) is 17.7 Å². The number of rotatable bonds is 3. The fourth-order valence-corrected chi connectivity index (χ4v) is 2.33. The normalized spacial score (nSPS) is 16.8. The molecule has 2 rings (SSSR count).